The van der Waals surface area contributed by atoms with Crippen molar-refractivity contribution in [3.8, 4) is 0 Å². The number of carbonyl (C=O) groups is 1. The second kappa shape index (κ2) is 3.26. The van der Waals surface area contributed by atoms with Crippen LogP contribution in [0.5, 0.6) is 0 Å². The summed E-state index contributed by atoms with van der Waals surface area (Å²) in [6, 6.07) is 0. The van der Waals surface area contributed by atoms with E-state index in [0.29, 0.717) is 12.0 Å². The fraction of sp³-hybridized carbons (Fsp3) is 0.800. The van der Waals surface area contributed by atoms with Gasteiger partial charge in [-0.3, -0.25) is 4.79 Å². The van der Waals surface area contributed by atoms with Crippen LogP contribution >= 0.6 is 0 Å². The van der Waals surface area contributed by atoms with Crippen LogP contribution in [0.2, 0.25) is 0 Å². The van der Waals surface area contributed by atoms with Crippen LogP contribution < -0.4 is 0 Å². The van der Waals surface area contributed by atoms with Gasteiger partial charge in [-0.1, -0.05) is 27.4 Å². The van der Waals surface area contributed by atoms with E-state index in [0.717, 1.165) is 6.42 Å². The number of aliphatic hydroxyl groups is 2. The van der Waals surface area contributed by atoms with Crippen molar-refractivity contribution >= 4 is 5.78 Å². The molecule has 3 fully saturated rings. The Bertz CT molecular complexity index is 439. The molecule has 0 saturated heterocycles. The first kappa shape index (κ1) is 12.4. The molecule has 0 radical (unpaired) electrons. The van der Waals surface area contributed by atoms with Crippen molar-refractivity contribution in [1.29, 1.82) is 0 Å². The molecule has 3 aliphatic rings. The summed E-state index contributed by atoms with van der Waals surface area (Å²) in [6.45, 7) is 10.1. The van der Waals surface area contributed by atoms with Crippen LogP contribution in [0, 0.1) is 28.6 Å². The van der Waals surface area contributed by atoms with E-state index in [4.69, 9.17) is 0 Å². The van der Waals surface area contributed by atoms with E-state index in [1.165, 1.54) is 0 Å². The van der Waals surface area contributed by atoms with Gasteiger partial charge < -0.3 is 10.2 Å². The van der Waals surface area contributed by atoms with Crippen molar-refractivity contribution in [1.82, 2.24) is 0 Å². The lowest BCUT2D eigenvalue weighted by Crippen LogP contribution is -2.38. The lowest BCUT2D eigenvalue weighted by Gasteiger charge is -2.37. The maximum absolute atomic E-state index is 11.9. The summed E-state index contributed by atoms with van der Waals surface area (Å²) < 4.78 is 0. The summed E-state index contributed by atoms with van der Waals surface area (Å²) in [5, 5.41) is 21.1. The Hall–Kier alpha value is -0.670. The third-order valence-electron chi connectivity index (χ3n) is 6.07. The van der Waals surface area contributed by atoms with E-state index in [-0.39, 0.29) is 29.0 Å². The van der Waals surface area contributed by atoms with Crippen molar-refractivity contribution in [3.05, 3.63) is 12.2 Å². The predicted octanol–water partition coefficient (Wildman–Crippen LogP) is 1.54. The number of ketones is 1. The minimum absolute atomic E-state index is 0.0218. The Morgan fingerprint density at radius 3 is 2.50 bits per heavy atom. The summed E-state index contributed by atoms with van der Waals surface area (Å²) in [5.74, 6) is 0.108. The second-order valence-corrected chi connectivity index (χ2v) is 7.31. The number of fused-ring (bicyclic) bond motifs is 3. The molecule has 3 nitrogen and oxygen atoms in total. The molecule has 0 heterocycles. The van der Waals surface area contributed by atoms with Crippen LogP contribution in [0.4, 0.5) is 0 Å². The Balaban J connectivity index is 2.09. The van der Waals surface area contributed by atoms with Crippen molar-refractivity contribution in [2.24, 2.45) is 28.6 Å². The molecule has 0 aromatic heterocycles. The molecular weight excluding hydrogens is 228 g/mol. The Labute approximate surface area is 108 Å². The Morgan fingerprint density at radius 1 is 1.28 bits per heavy atom. The zero-order chi connectivity index (χ0) is 13.5. The average Bonchev–Trinajstić information content (AvgIpc) is 2.73. The quantitative estimate of drug-likeness (QED) is 0.641. The average molecular weight is 250 g/mol. The Morgan fingerprint density at radius 2 is 1.89 bits per heavy atom. The van der Waals surface area contributed by atoms with Gasteiger partial charge in [0.2, 0.25) is 0 Å². The molecule has 3 rings (SSSR count). The molecule has 0 amide bonds. The third kappa shape index (κ3) is 1.15. The monoisotopic (exact) mass is 250 g/mol. The fourth-order valence-electron chi connectivity index (χ4n) is 4.96. The summed E-state index contributed by atoms with van der Waals surface area (Å²) in [6.07, 6.45) is 0.291. The van der Waals surface area contributed by atoms with E-state index < -0.39 is 17.6 Å². The van der Waals surface area contributed by atoms with Crippen LogP contribution in [0.1, 0.15) is 33.6 Å². The molecular formula is C15H22O3. The van der Waals surface area contributed by atoms with E-state index >= 15 is 0 Å². The molecule has 18 heavy (non-hydrogen) atoms. The molecule has 3 heteroatoms. The second-order valence-electron chi connectivity index (χ2n) is 7.31. The van der Waals surface area contributed by atoms with Gasteiger partial charge in [-0.15, -0.1) is 0 Å². The summed E-state index contributed by atoms with van der Waals surface area (Å²) in [7, 11) is 0. The third-order valence-corrected chi connectivity index (χ3v) is 6.07. The van der Waals surface area contributed by atoms with Crippen LogP contribution in [-0.4, -0.2) is 28.2 Å². The van der Waals surface area contributed by atoms with Gasteiger partial charge in [0, 0.05) is 23.7 Å². The van der Waals surface area contributed by atoms with E-state index in [1.807, 2.05) is 20.8 Å². The molecule has 0 spiro atoms. The van der Waals surface area contributed by atoms with Gasteiger partial charge in [-0.2, -0.15) is 0 Å². The maximum Gasteiger partial charge on any atom is 0.159 e. The van der Waals surface area contributed by atoms with Gasteiger partial charge >= 0.3 is 0 Å². The van der Waals surface area contributed by atoms with Crippen molar-refractivity contribution < 1.29 is 15.0 Å². The number of hydrogen-bond acceptors (Lipinski definition) is 3. The predicted molar refractivity (Wildman–Crippen MR) is 67.8 cm³/mol. The van der Waals surface area contributed by atoms with E-state index in [2.05, 4.69) is 6.58 Å². The molecule has 3 aliphatic carbocycles. The summed E-state index contributed by atoms with van der Waals surface area (Å²) in [5.41, 5.74) is 0.0284. The fourth-order valence-corrected chi connectivity index (χ4v) is 4.96. The van der Waals surface area contributed by atoms with Gasteiger partial charge in [0.15, 0.2) is 5.78 Å². The van der Waals surface area contributed by atoms with Gasteiger partial charge in [0.25, 0.3) is 0 Å². The van der Waals surface area contributed by atoms with Crippen LogP contribution in [0.25, 0.3) is 0 Å². The molecule has 0 aromatic rings. The number of hydrogen-bond donors (Lipinski definition) is 2. The van der Waals surface area contributed by atoms with Crippen molar-refractivity contribution in [3.63, 3.8) is 0 Å². The molecule has 0 aromatic carbocycles. The highest BCUT2D eigenvalue weighted by molar-refractivity contribution is 5.99. The lowest BCUT2D eigenvalue weighted by atomic mass is 9.69. The number of allylic oxidation sites excluding steroid dienone is 1. The van der Waals surface area contributed by atoms with Gasteiger partial charge in [-0.05, 0) is 23.3 Å². The molecule has 0 unspecified atom stereocenters. The molecule has 100 valence electrons. The highest BCUT2D eigenvalue weighted by Crippen LogP contribution is 2.67. The molecule has 2 N–H and O–H groups in total. The van der Waals surface area contributed by atoms with E-state index in [1.54, 1.807) is 0 Å². The summed E-state index contributed by atoms with van der Waals surface area (Å²) >= 11 is 0. The molecule has 3 saturated carbocycles. The Kier molecular flexibility index (Phi) is 2.24. The normalized spacial score (nSPS) is 53.7. The molecule has 0 bridgehead atoms. The topological polar surface area (TPSA) is 57.5 Å². The minimum atomic E-state index is -0.473. The smallest absolute Gasteiger partial charge is 0.159 e. The molecule has 6 atom stereocenters. The standard InChI is InChI=1S/C15H22O3/c1-7-10(16)5-9-12(17)8-6-14(2,3)13(18)11(8)15(7,9)4/h8-9,11-13,17-18H,1,5-6H2,2-4H3/t8-,9+,11-,12-,13+,15+/m0/s1. The number of Topliss-reactive ketones (excluding diaryl/α,β-unsaturated/α-hetero) is 1. The maximum atomic E-state index is 11.9. The van der Waals surface area contributed by atoms with Gasteiger partial charge in [0.1, 0.15) is 0 Å². The zero-order valence-corrected chi connectivity index (χ0v) is 11.3. The number of carbonyl (C=O) groups excluding carboxylic acids is 1. The SMILES string of the molecule is C=C1C(=O)C[C@@H]2[C@@H](O)[C@H]3CC(C)(C)[C@H](O)[C@H]3[C@]12C. The largest absolute Gasteiger partial charge is 0.392 e. The summed E-state index contributed by atoms with van der Waals surface area (Å²) in [4.78, 5) is 11.9. The van der Waals surface area contributed by atoms with E-state index in [9.17, 15) is 15.0 Å². The first-order valence-electron chi connectivity index (χ1n) is 6.80. The van der Waals surface area contributed by atoms with Crippen LogP contribution in [0.15, 0.2) is 12.2 Å². The van der Waals surface area contributed by atoms with Gasteiger partial charge in [0.05, 0.1) is 12.2 Å². The van der Waals surface area contributed by atoms with Gasteiger partial charge in [-0.25, -0.2) is 0 Å². The first-order chi connectivity index (χ1) is 8.21. The van der Waals surface area contributed by atoms with Crippen molar-refractivity contribution in [2.75, 3.05) is 0 Å². The lowest BCUT2D eigenvalue weighted by molar-refractivity contribution is -0.115. The minimum Gasteiger partial charge on any atom is -0.392 e. The highest BCUT2D eigenvalue weighted by Gasteiger charge is 2.69. The zero-order valence-electron chi connectivity index (χ0n) is 11.3. The van der Waals surface area contributed by atoms with Crippen LogP contribution in [-0.2, 0) is 4.79 Å². The number of aliphatic hydroxyl groups excluding tert-OH is 2. The first-order valence-corrected chi connectivity index (χ1v) is 6.80. The molecule has 0 aliphatic heterocycles. The highest BCUT2D eigenvalue weighted by atomic mass is 16.3. The number of rotatable bonds is 0. The van der Waals surface area contributed by atoms with Crippen LogP contribution in [0.3, 0.4) is 0 Å². The van der Waals surface area contributed by atoms with Crippen molar-refractivity contribution in [2.45, 2.75) is 45.8 Å².